The summed E-state index contributed by atoms with van der Waals surface area (Å²) in [6.07, 6.45) is 1.18. The normalized spacial score (nSPS) is 8.91. The molecule has 0 saturated heterocycles. The molecule has 0 aliphatic heterocycles. The molecule has 0 amide bonds. The maximum Gasteiger partial charge on any atom is 0.259 e. The summed E-state index contributed by atoms with van der Waals surface area (Å²) >= 11 is 1.18. The fourth-order valence-corrected chi connectivity index (χ4v) is 1.85. The second-order valence-electron chi connectivity index (χ2n) is 2.78. The Morgan fingerprint density at radius 3 is 2.45 bits per heavy atom. The van der Waals surface area contributed by atoms with Gasteiger partial charge in [0.15, 0.2) is 0 Å². The third-order valence-electron chi connectivity index (χ3n) is 1.89. The Morgan fingerprint density at radius 2 is 2.00 bits per heavy atom. The smallest absolute Gasteiger partial charge is 0.147 e. The summed E-state index contributed by atoms with van der Waals surface area (Å²) in [5.74, 6) is 0. The van der Waals surface area contributed by atoms with Crippen LogP contribution in [-0.2, 0) is 6.42 Å². The Morgan fingerprint density at radius 1 is 1.36 bits per heavy atom. The number of rotatable bonds is 1. The predicted octanol–water partition coefficient (Wildman–Crippen LogP) is 1.24. The summed E-state index contributed by atoms with van der Waals surface area (Å²) in [5, 5.41) is 0. The van der Waals surface area contributed by atoms with E-state index in [2.05, 4.69) is 32.0 Å². The van der Waals surface area contributed by atoms with E-state index in [4.69, 9.17) is 0 Å². The zero-order chi connectivity index (χ0) is 7.56. The highest BCUT2D eigenvalue weighted by atomic mass is 35.5. The third-order valence-corrected chi connectivity index (χ3v) is 2.86. The highest BCUT2D eigenvalue weighted by Gasteiger charge is 1.93. The molecule has 1 aromatic carbocycles. The summed E-state index contributed by atoms with van der Waals surface area (Å²) in [6.45, 7) is 4.37. The minimum atomic E-state index is 0. The lowest BCUT2D eigenvalue weighted by molar-refractivity contribution is 1.15. The number of hydrogen-bond acceptors (Lipinski definition) is 0. The molecule has 60 valence electrons. The van der Waals surface area contributed by atoms with Gasteiger partial charge in [-0.25, -0.2) is 0 Å². The van der Waals surface area contributed by atoms with Crippen molar-refractivity contribution in [3.8, 4) is 0 Å². The standard InChI is InChI=1S/C9H11.Al.ClH.2H/c1-3-9-6-4-5-8(2)7-9;;;;/h4-5,7H,3H2,1-2H3;;1H;;. The SMILES string of the molecule is CCc1cc(C)cc[c]1[AlH2].Cl. The topological polar surface area (TPSA) is 0 Å². The van der Waals surface area contributed by atoms with E-state index in [1.165, 1.54) is 33.8 Å². The minimum Gasteiger partial charge on any atom is -0.147 e. The van der Waals surface area contributed by atoms with E-state index in [0.717, 1.165) is 0 Å². The first-order valence-electron chi connectivity index (χ1n) is 3.80. The van der Waals surface area contributed by atoms with Crippen molar-refractivity contribution in [3.05, 3.63) is 29.3 Å². The summed E-state index contributed by atoms with van der Waals surface area (Å²) < 4.78 is 1.55. The summed E-state index contributed by atoms with van der Waals surface area (Å²) in [5.41, 5.74) is 2.92. The zero-order valence-corrected chi connectivity index (χ0v) is 10.2. The van der Waals surface area contributed by atoms with E-state index >= 15 is 0 Å². The molecule has 0 nitrogen and oxygen atoms in total. The molecule has 11 heavy (non-hydrogen) atoms. The van der Waals surface area contributed by atoms with E-state index in [1.807, 2.05) is 0 Å². The zero-order valence-electron chi connectivity index (χ0n) is 7.35. The predicted molar refractivity (Wildman–Crippen MR) is 56.0 cm³/mol. The third kappa shape index (κ3) is 2.87. The molecule has 0 aliphatic carbocycles. The van der Waals surface area contributed by atoms with Crippen molar-refractivity contribution in [2.24, 2.45) is 0 Å². The van der Waals surface area contributed by atoms with E-state index in [1.54, 1.807) is 4.43 Å². The van der Waals surface area contributed by atoms with Crippen molar-refractivity contribution in [2.45, 2.75) is 20.3 Å². The van der Waals surface area contributed by atoms with Crippen LogP contribution in [0.15, 0.2) is 18.2 Å². The lowest BCUT2D eigenvalue weighted by Gasteiger charge is -2.02. The average molecular weight is 185 g/mol. The Labute approximate surface area is 82.8 Å². The van der Waals surface area contributed by atoms with Crippen LogP contribution in [0.25, 0.3) is 0 Å². The molecule has 1 aromatic rings. The first kappa shape index (κ1) is 11.0. The maximum atomic E-state index is 2.29. The number of hydrogen-bond donors (Lipinski definition) is 0. The molecule has 0 saturated carbocycles. The van der Waals surface area contributed by atoms with E-state index < -0.39 is 0 Å². The van der Waals surface area contributed by atoms with Crippen molar-refractivity contribution in [3.63, 3.8) is 0 Å². The van der Waals surface area contributed by atoms with Gasteiger partial charge in [-0.1, -0.05) is 36.2 Å². The molecule has 0 N–H and O–H groups in total. The molecular formula is C9H14AlCl. The quantitative estimate of drug-likeness (QED) is 0.577. The summed E-state index contributed by atoms with van der Waals surface area (Å²) in [4.78, 5) is 0. The molecule has 0 spiro atoms. The maximum absolute atomic E-state index is 2.29. The number of aryl methyl sites for hydroxylation is 2. The molecule has 0 bridgehead atoms. The lowest BCUT2D eigenvalue weighted by Crippen LogP contribution is -2.08. The van der Waals surface area contributed by atoms with Gasteiger partial charge in [-0.2, -0.15) is 0 Å². The fourth-order valence-electron chi connectivity index (χ4n) is 1.18. The first-order chi connectivity index (χ1) is 4.74. The first-order valence-corrected chi connectivity index (χ1v) is 4.80. The van der Waals surface area contributed by atoms with Crippen molar-refractivity contribution in [1.29, 1.82) is 0 Å². The molecule has 0 atom stereocenters. The second kappa shape index (κ2) is 4.83. The van der Waals surface area contributed by atoms with Crippen LogP contribution in [-0.4, -0.2) is 16.3 Å². The van der Waals surface area contributed by atoms with Gasteiger partial charge in [-0.3, -0.25) is 0 Å². The average Bonchev–Trinajstić information content (AvgIpc) is 1.94. The van der Waals surface area contributed by atoms with Crippen molar-refractivity contribution in [2.75, 3.05) is 0 Å². The minimum absolute atomic E-state index is 0. The van der Waals surface area contributed by atoms with Gasteiger partial charge in [0, 0.05) is 0 Å². The lowest BCUT2D eigenvalue weighted by atomic mass is 10.1. The molecule has 0 aliphatic rings. The van der Waals surface area contributed by atoms with Gasteiger partial charge in [0.25, 0.3) is 16.3 Å². The summed E-state index contributed by atoms with van der Waals surface area (Å²) in [7, 11) is 0. The van der Waals surface area contributed by atoms with Gasteiger partial charge in [-0.05, 0) is 13.3 Å². The molecule has 1 rings (SSSR count). The van der Waals surface area contributed by atoms with Gasteiger partial charge in [0.2, 0.25) is 0 Å². The molecule has 0 aromatic heterocycles. The van der Waals surface area contributed by atoms with Crippen molar-refractivity contribution in [1.82, 2.24) is 0 Å². The molecule has 0 unspecified atom stereocenters. The molecule has 0 fully saturated rings. The monoisotopic (exact) mass is 184 g/mol. The van der Waals surface area contributed by atoms with Crippen molar-refractivity contribution >= 4 is 33.1 Å². The number of benzene rings is 1. The van der Waals surface area contributed by atoms with Gasteiger partial charge in [0.1, 0.15) is 0 Å². The molecule has 2 heteroatoms. The number of halogens is 1. The van der Waals surface area contributed by atoms with Gasteiger partial charge in [-0.15, -0.1) is 16.8 Å². The van der Waals surface area contributed by atoms with Crippen LogP contribution in [0.3, 0.4) is 0 Å². The van der Waals surface area contributed by atoms with Crippen LogP contribution in [0.1, 0.15) is 18.1 Å². The summed E-state index contributed by atoms with van der Waals surface area (Å²) in [6, 6.07) is 6.74. The van der Waals surface area contributed by atoms with Gasteiger partial charge >= 0.3 is 0 Å². The van der Waals surface area contributed by atoms with Gasteiger partial charge in [0.05, 0.1) is 0 Å². The molecule has 0 radical (unpaired) electrons. The van der Waals surface area contributed by atoms with Crippen LogP contribution >= 0.6 is 12.4 Å². The fraction of sp³-hybridized carbons (Fsp3) is 0.333. The van der Waals surface area contributed by atoms with Crippen LogP contribution in [0, 0.1) is 6.92 Å². The van der Waals surface area contributed by atoms with E-state index in [9.17, 15) is 0 Å². The Bertz CT molecular complexity index is 233. The molecular weight excluding hydrogens is 171 g/mol. The second-order valence-corrected chi connectivity index (χ2v) is 3.86. The van der Waals surface area contributed by atoms with Crippen molar-refractivity contribution < 1.29 is 0 Å². The molecule has 0 heterocycles. The van der Waals surface area contributed by atoms with Gasteiger partial charge < -0.3 is 0 Å². The Kier molecular flexibility index (Phi) is 4.85. The largest absolute Gasteiger partial charge is 0.259 e. The van der Waals surface area contributed by atoms with Crippen LogP contribution in [0.2, 0.25) is 0 Å². The highest BCUT2D eigenvalue weighted by molar-refractivity contribution is 6.33. The Balaban J connectivity index is 0.000001000. The van der Waals surface area contributed by atoms with Crippen LogP contribution in [0.4, 0.5) is 0 Å². The Hall–Kier alpha value is 0.0425. The van der Waals surface area contributed by atoms with E-state index in [-0.39, 0.29) is 12.4 Å². The van der Waals surface area contributed by atoms with E-state index in [0.29, 0.717) is 0 Å². The van der Waals surface area contributed by atoms with Crippen LogP contribution < -0.4 is 4.43 Å². The van der Waals surface area contributed by atoms with Crippen LogP contribution in [0.5, 0.6) is 0 Å². The highest BCUT2D eigenvalue weighted by Crippen LogP contribution is 2.00.